The molecular formula is C23H18FN3O3. The molecule has 7 heteroatoms. The van der Waals surface area contributed by atoms with E-state index in [4.69, 9.17) is 4.74 Å². The summed E-state index contributed by atoms with van der Waals surface area (Å²) in [4.78, 5) is 31.9. The van der Waals surface area contributed by atoms with Crippen molar-refractivity contribution in [2.75, 3.05) is 12.4 Å². The van der Waals surface area contributed by atoms with Gasteiger partial charge in [-0.2, -0.15) is 0 Å². The highest BCUT2D eigenvalue weighted by Crippen LogP contribution is 2.35. The molecule has 2 aromatic carbocycles. The molecule has 0 atom stereocenters. The van der Waals surface area contributed by atoms with E-state index >= 15 is 0 Å². The van der Waals surface area contributed by atoms with Gasteiger partial charge in [0.1, 0.15) is 17.3 Å². The van der Waals surface area contributed by atoms with Crippen molar-refractivity contribution in [3.63, 3.8) is 0 Å². The Labute approximate surface area is 172 Å². The maximum atomic E-state index is 13.3. The van der Waals surface area contributed by atoms with E-state index in [-0.39, 0.29) is 17.8 Å². The Hall–Kier alpha value is -4.00. The first-order valence-electron chi connectivity index (χ1n) is 9.25. The number of nitrogens with zero attached hydrogens (tertiary/aromatic N) is 2. The van der Waals surface area contributed by atoms with Gasteiger partial charge in [-0.05, 0) is 42.5 Å². The van der Waals surface area contributed by atoms with E-state index in [1.165, 1.54) is 31.4 Å². The first kappa shape index (κ1) is 19.3. The van der Waals surface area contributed by atoms with E-state index in [0.29, 0.717) is 22.7 Å². The van der Waals surface area contributed by atoms with Crippen molar-refractivity contribution in [3.05, 3.63) is 95.7 Å². The van der Waals surface area contributed by atoms with Gasteiger partial charge >= 0.3 is 0 Å². The predicted octanol–water partition coefficient (Wildman–Crippen LogP) is 3.62. The SMILES string of the molecule is COc1ccccc1C1=C(Nc2ccc(F)cc2)C(=O)N(Cc2ccccn2)C1=O. The lowest BCUT2D eigenvalue weighted by atomic mass is 10.0. The number of methoxy groups -OCH3 is 1. The van der Waals surface area contributed by atoms with Gasteiger partial charge in [-0.3, -0.25) is 19.5 Å². The summed E-state index contributed by atoms with van der Waals surface area (Å²) < 4.78 is 18.7. The second kappa shape index (κ2) is 8.16. The summed E-state index contributed by atoms with van der Waals surface area (Å²) in [5, 5.41) is 2.99. The van der Waals surface area contributed by atoms with E-state index in [1.807, 2.05) is 0 Å². The van der Waals surface area contributed by atoms with Gasteiger partial charge in [0.25, 0.3) is 11.8 Å². The molecule has 0 unspecified atom stereocenters. The molecule has 1 aliphatic rings. The normalized spacial score (nSPS) is 13.7. The summed E-state index contributed by atoms with van der Waals surface area (Å²) in [6.07, 6.45) is 1.60. The van der Waals surface area contributed by atoms with Crippen LogP contribution in [0, 0.1) is 5.82 Å². The van der Waals surface area contributed by atoms with Crippen LogP contribution in [0.4, 0.5) is 10.1 Å². The number of hydrogen-bond donors (Lipinski definition) is 1. The monoisotopic (exact) mass is 403 g/mol. The molecule has 1 aliphatic heterocycles. The molecule has 150 valence electrons. The molecule has 1 N–H and O–H groups in total. The minimum atomic E-state index is -0.490. The van der Waals surface area contributed by atoms with Gasteiger partial charge in [-0.15, -0.1) is 0 Å². The quantitative estimate of drug-likeness (QED) is 0.637. The molecule has 0 aliphatic carbocycles. The minimum Gasteiger partial charge on any atom is -0.496 e. The van der Waals surface area contributed by atoms with Crippen molar-refractivity contribution in [2.24, 2.45) is 0 Å². The lowest BCUT2D eigenvalue weighted by Gasteiger charge is -2.15. The van der Waals surface area contributed by atoms with Crippen molar-refractivity contribution in [2.45, 2.75) is 6.54 Å². The molecule has 0 saturated heterocycles. The fourth-order valence-corrected chi connectivity index (χ4v) is 3.27. The van der Waals surface area contributed by atoms with Gasteiger partial charge in [0.2, 0.25) is 0 Å². The van der Waals surface area contributed by atoms with Crippen molar-refractivity contribution < 1.29 is 18.7 Å². The third-order valence-corrected chi connectivity index (χ3v) is 4.70. The number of pyridine rings is 1. The summed E-state index contributed by atoms with van der Waals surface area (Å²) in [5.41, 5.74) is 1.86. The second-order valence-corrected chi connectivity index (χ2v) is 6.60. The molecule has 2 amide bonds. The molecule has 6 nitrogen and oxygen atoms in total. The van der Waals surface area contributed by atoms with Gasteiger partial charge in [-0.1, -0.05) is 24.3 Å². The third kappa shape index (κ3) is 3.65. The van der Waals surface area contributed by atoms with E-state index in [1.54, 1.807) is 48.7 Å². The highest BCUT2D eigenvalue weighted by molar-refractivity contribution is 6.36. The van der Waals surface area contributed by atoms with Crippen molar-refractivity contribution in [3.8, 4) is 5.75 Å². The zero-order valence-corrected chi connectivity index (χ0v) is 16.1. The molecule has 2 heterocycles. The number of imide groups is 1. The van der Waals surface area contributed by atoms with Crippen LogP contribution in [0.25, 0.3) is 5.57 Å². The highest BCUT2D eigenvalue weighted by Gasteiger charge is 2.40. The van der Waals surface area contributed by atoms with Gasteiger partial charge < -0.3 is 10.1 Å². The zero-order chi connectivity index (χ0) is 21.1. The summed E-state index contributed by atoms with van der Waals surface area (Å²) in [5.74, 6) is -0.882. The largest absolute Gasteiger partial charge is 0.496 e. The zero-order valence-electron chi connectivity index (χ0n) is 16.1. The van der Waals surface area contributed by atoms with Gasteiger partial charge in [-0.25, -0.2) is 4.39 Å². The molecular weight excluding hydrogens is 385 g/mol. The Morgan fingerprint density at radius 2 is 1.70 bits per heavy atom. The summed E-state index contributed by atoms with van der Waals surface area (Å²) in [6.45, 7) is 0.0335. The maximum absolute atomic E-state index is 13.3. The van der Waals surface area contributed by atoms with Gasteiger partial charge in [0.15, 0.2) is 0 Å². The number of aromatic nitrogens is 1. The molecule has 4 rings (SSSR count). The third-order valence-electron chi connectivity index (χ3n) is 4.70. The fraction of sp³-hybridized carbons (Fsp3) is 0.0870. The number of para-hydroxylation sites is 1. The molecule has 0 bridgehead atoms. The standard InChI is InChI=1S/C23H18FN3O3/c1-30-19-8-3-2-7-18(19)20-21(26-16-11-9-15(24)10-12-16)23(29)27(22(20)28)14-17-6-4-5-13-25-17/h2-13,26H,14H2,1H3. The van der Waals surface area contributed by atoms with E-state index < -0.39 is 17.6 Å². The smallest absolute Gasteiger partial charge is 0.278 e. The van der Waals surface area contributed by atoms with Gasteiger partial charge in [0, 0.05) is 17.4 Å². The van der Waals surface area contributed by atoms with Crippen molar-refractivity contribution in [1.29, 1.82) is 0 Å². The van der Waals surface area contributed by atoms with E-state index in [9.17, 15) is 14.0 Å². The van der Waals surface area contributed by atoms with Crippen LogP contribution in [0.3, 0.4) is 0 Å². The van der Waals surface area contributed by atoms with Crippen LogP contribution in [-0.2, 0) is 16.1 Å². The Bertz CT molecular complexity index is 1130. The predicted molar refractivity (Wildman–Crippen MR) is 110 cm³/mol. The lowest BCUT2D eigenvalue weighted by molar-refractivity contribution is -0.137. The van der Waals surface area contributed by atoms with Crippen molar-refractivity contribution >= 4 is 23.1 Å². The Kier molecular flexibility index (Phi) is 5.26. The summed E-state index contributed by atoms with van der Waals surface area (Å²) in [7, 11) is 1.50. The number of anilines is 1. The minimum absolute atomic E-state index is 0.0335. The topological polar surface area (TPSA) is 71.5 Å². The lowest BCUT2D eigenvalue weighted by Crippen LogP contribution is -2.32. The molecule has 3 aromatic rings. The average Bonchev–Trinajstić information content (AvgIpc) is 3.00. The number of ether oxygens (including phenoxy) is 1. The number of hydrogen-bond acceptors (Lipinski definition) is 5. The van der Waals surface area contributed by atoms with Crippen molar-refractivity contribution in [1.82, 2.24) is 9.88 Å². The average molecular weight is 403 g/mol. The Morgan fingerprint density at radius 3 is 2.40 bits per heavy atom. The van der Waals surface area contributed by atoms with E-state index in [2.05, 4.69) is 10.3 Å². The summed E-state index contributed by atoms with van der Waals surface area (Å²) >= 11 is 0. The van der Waals surface area contributed by atoms with Crippen LogP contribution >= 0.6 is 0 Å². The molecule has 1 aromatic heterocycles. The van der Waals surface area contributed by atoms with E-state index in [0.717, 1.165) is 4.90 Å². The number of amides is 2. The van der Waals surface area contributed by atoms with Gasteiger partial charge in [0.05, 0.1) is 24.9 Å². The van der Waals surface area contributed by atoms with Crippen LogP contribution < -0.4 is 10.1 Å². The Balaban J connectivity index is 1.78. The number of nitrogens with one attached hydrogen (secondary N) is 1. The number of benzene rings is 2. The van der Waals surface area contributed by atoms with Crippen LogP contribution in [0.1, 0.15) is 11.3 Å². The van der Waals surface area contributed by atoms with Crippen LogP contribution in [0.2, 0.25) is 0 Å². The number of halogens is 1. The second-order valence-electron chi connectivity index (χ2n) is 6.60. The first-order chi connectivity index (χ1) is 14.6. The molecule has 0 radical (unpaired) electrons. The van der Waals surface area contributed by atoms with Crippen LogP contribution in [0.5, 0.6) is 5.75 Å². The van der Waals surface area contributed by atoms with Crippen LogP contribution in [-0.4, -0.2) is 28.8 Å². The fourth-order valence-electron chi connectivity index (χ4n) is 3.27. The highest BCUT2D eigenvalue weighted by atomic mass is 19.1. The summed E-state index contributed by atoms with van der Waals surface area (Å²) in [6, 6.07) is 17.8. The Morgan fingerprint density at radius 1 is 0.967 bits per heavy atom. The number of rotatable bonds is 6. The first-order valence-corrected chi connectivity index (χ1v) is 9.25. The number of carbonyl (C=O) groups excluding carboxylic acids is 2. The molecule has 0 saturated carbocycles. The maximum Gasteiger partial charge on any atom is 0.278 e. The molecule has 30 heavy (non-hydrogen) atoms. The van der Waals surface area contributed by atoms with Crippen LogP contribution in [0.15, 0.2) is 78.6 Å². The molecule has 0 fully saturated rings. The number of carbonyl (C=O) groups is 2. The molecule has 0 spiro atoms.